The molecule has 0 bridgehead atoms. The SMILES string of the molecule is c1ccc(C2NNCc3ccccc32)cc1. The average molecular weight is 210 g/mol. The van der Waals surface area contributed by atoms with Crippen LogP contribution in [0.1, 0.15) is 22.7 Å². The molecule has 1 atom stereocenters. The third kappa shape index (κ3) is 1.62. The van der Waals surface area contributed by atoms with Crippen molar-refractivity contribution in [3.8, 4) is 0 Å². The van der Waals surface area contributed by atoms with Gasteiger partial charge in [0.1, 0.15) is 0 Å². The molecule has 0 saturated carbocycles. The number of nitrogens with one attached hydrogen (secondary N) is 2. The Balaban J connectivity index is 2.05. The van der Waals surface area contributed by atoms with Gasteiger partial charge in [-0.3, -0.25) is 5.43 Å². The maximum Gasteiger partial charge on any atom is 0.0715 e. The third-order valence-corrected chi connectivity index (χ3v) is 3.02. The number of rotatable bonds is 1. The summed E-state index contributed by atoms with van der Waals surface area (Å²) in [4.78, 5) is 0. The maximum atomic E-state index is 3.34. The second-order valence-corrected chi connectivity index (χ2v) is 4.04. The minimum absolute atomic E-state index is 0.256. The Morgan fingerprint density at radius 3 is 2.50 bits per heavy atom. The van der Waals surface area contributed by atoms with Crippen LogP contribution in [0, 0.1) is 0 Å². The molecule has 0 fully saturated rings. The molecule has 2 nitrogen and oxygen atoms in total. The summed E-state index contributed by atoms with van der Waals surface area (Å²) in [6.07, 6.45) is 0. The number of hydrazine groups is 1. The van der Waals surface area contributed by atoms with Gasteiger partial charge in [0.2, 0.25) is 0 Å². The second kappa shape index (κ2) is 4.08. The van der Waals surface area contributed by atoms with Crippen molar-refractivity contribution in [1.82, 2.24) is 10.9 Å². The van der Waals surface area contributed by atoms with Crippen LogP contribution in [-0.4, -0.2) is 0 Å². The molecule has 80 valence electrons. The van der Waals surface area contributed by atoms with Crippen LogP contribution >= 0.6 is 0 Å². The summed E-state index contributed by atoms with van der Waals surface area (Å²) in [5.41, 5.74) is 10.6. The molecule has 0 radical (unpaired) electrons. The molecular formula is C14H14N2. The predicted octanol–water partition coefficient (Wildman–Crippen LogP) is 2.38. The minimum atomic E-state index is 0.256. The summed E-state index contributed by atoms with van der Waals surface area (Å²) in [6.45, 7) is 0.888. The molecule has 1 aliphatic rings. The van der Waals surface area contributed by atoms with E-state index in [1.165, 1.54) is 16.7 Å². The Labute approximate surface area is 95.3 Å². The monoisotopic (exact) mass is 210 g/mol. The first-order chi connectivity index (χ1) is 7.95. The van der Waals surface area contributed by atoms with E-state index in [1.807, 2.05) is 6.07 Å². The van der Waals surface area contributed by atoms with Gasteiger partial charge in [-0.2, -0.15) is 0 Å². The number of hydrogen-bond donors (Lipinski definition) is 2. The number of hydrogen-bond acceptors (Lipinski definition) is 2. The summed E-state index contributed by atoms with van der Waals surface area (Å²) in [5, 5.41) is 0. The van der Waals surface area contributed by atoms with Crippen molar-refractivity contribution >= 4 is 0 Å². The molecule has 2 aromatic rings. The van der Waals surface area contributed by atoms with Gasteiger partial charge in [0.25, 0.3) is 0 Å². The largest absolute Gasteiger partial charge is 0.253 e. The van der Waals surface area contributed by atoms with Crippen LogP contribution < -0.4 is 10.9 Å². The van der Waals surface area contributed by atoms with Crippen molar-refractivity contribution in [3.05, 3.63) is 71.3 Å². The molecule has 1 aliphatic heterocycles. The fourth-order valence-electron chi connectivity index (χ4n) is 2.21. The number of benzene rings is 2. The van der Waals surface area contributed by atoms with Crippen LogP contribution in [0.5, 0.6) is 0 Å². The molecule has 2 heteroatoms. The van der Waals surface area contributed by atoms with Crippen LogP contribution in [0.25, 0.3) is 0 Å². The fourth-order valence-corrected chi connectivity index (χ4v) is 2.21. The molecule has 16 heavy (non-hydrogen) atoms. The smallest absolute Gasteiger partial charge is 0.0715 e. The van der Waals surface area contributed by atoms with Crippen LogP contribution in [0.3, 0.4) is 0 Å². The molecule has 1 unspecified atom stereocenters. The predicted molar refractivity (Wildman–Crippen MR) is 64.7 cm³/mol. The van der Waals surface area contributed by atoms with Crippen molar-refractivity contribution in [2.75, 3.05) is 0 Å². The third-order valence-electron chi connectivity index (χ3n) is 3.02. The van der Waals surface area contributed by atoms with E-state index in [4.69, 9.17) is 0 Å². The molecule has 1 heterocycles. The first kappa shape index (κ1) is 9.58. The van der Waals surface area contributed by atoms with Gasteiger partial charge in [-0.15, -0.1) is 0 Å². The van der Waals surface area contributed by atoms with E-state index in [0.29, 0.717) is 0 Å². The molecule has 0 amide bonds. The van der Waals surface area contributed by atoms with E-state index in [0.717, 1.165) is 6.54 Å². The van der Waals surface area contributed by atoms with E-state index in [-0.39, 0.29) is 6.04 Å². The highest BCUT2D eigenvalue weighted by Crippen LogP contribution is 2.26. The molecule has 0 saturated heterocycles. The zero-order valence-corrected chi connectivity index (χ0v) is 8.98. The summed E-state index contributed by atoms with van der Waals surface area (Å²) in [7, 11) is 0. The maximum absolute atomic E-state index is 3.34. The zero-order chi connectivity index (χ0) is 10.8. The normalized spacial score (nSPS) is 19.1. The van der Waals surface area contributed by atoms with Crippen molar-refractivity contribution < 1.29 is 0 Å². The molecule has 0 spiro atoms. The molecular weight excluding hydrogens is 196 g/mol. The lowest BCUT2D eigenvalue weighted by Gasteiger charge is -2.27. The topological polar surface area (TPSA) is 24.1 Å². The van der Waals surface area contributed by atoms with Crippen molar-refractivity contribution in [2.45, 2.75) is 12.6 Å². The van der Waals surface area contributed by atoms with Gasteiger partial charge in [0.15, 0.2) is 0 Å². The molecule has 2 aromatic carbocycles. The fraction of sp³-hybridized carbons (Fsp3) is 0.143. The van der Waals surface area contributed by atoms with Gasteiger partial charge >= 0.3 is 0 Å². The summed E-state index contributed by atoms with van der Waals surface area (Å²) in [6, 6.07) is 19.3. The Hall–Kier alpha value is -1.64. The molecule has 3 rings (SSSR count). The second-order valence-electron chi connectivity index (χ2n) is 4.04. The Bertz CT molecular complexity index is 479. The minimum Gasteiger partial charge on any atom is -0.253 e. The Kier molecular flexibility index (Phi) is 2.44. The van der Waals surface area contributed by atoms with Crippen molar-refractivity contribution in [1.29, 1.82) is 0 Å². The lowest BCUT2D eigenvalue weighted by Crippen LogP contribution is -2.40. The lowest BCUT2D eigenvalue weighted by molar-refractivity contribution is 0.446. The first-order valence-electron chi connectivity index (χ1n) is 5.56. The van der Waals surface area contributed by atoms with Crippen molar-refractivity contribution in [3.63, 3.8) is 0 Å². The Morgan fingerprint density at radius 2 is 1.62 bits per heavy atom. The average Bonchev–Trinajstić information content (AvgIpc) is 2.39. The van der Waals surface area contributed by atoms with Crippen LogP contribution in [-0.2, 0) is 6.54 Å². The van der Waals surface area contributed by atoms with Crippen LogP contribution in [0.15, 0.2) is 54.6 Å². The van der Waals surface area contributed by atoms with E-state index in [9.17, 15) is 0 Å². The highest BCUT2D eigenvalue weighted by molar-refractivity contribution is 5.38. The lowest BCUT2D eigenvalue weighted by atomic mass is 9.94. The van der Waals surface area contributed by atoms with Gasteiger partial charge in [0, 0.05) is 6.54 Å². The highest BCUT2D eigenvalue weighted by atomic mass is 15.4. The van der Waals surface area contributed by atoms with Gasteiger partial charge in [-0.1, -0.05) is 54.6 Å². The van der Waals surface area contributed by atoms with Crippen LogP contribution in [0.4, 0.5) is 0 Å². The zero-order valence-electron chi connectivity index (χ0n) is 8.98. The van der Waals surface area contributed by atoms with Gasteiger partial charge in [0.05, 0.1) is 6.04 Å². The first-order valence-corrected chi connectivity index (χ1v) is 5.56. The van der Waals surface area contributed by atoms with Gasteiger partial charge in [-0.25, -0.2) is 5.43 Å². The number of fused-ring (bicyclic) bond motifs is 1. The molecule has 0 aromatic heterocycles. The molecule has 2 N–H and O–H groups in total. The van der Waals surface area contributed by atoms with Gasteiger partial charge < -0.3 is 0 Å². The van der Waals surface area contributed by atoms with E-state index >= 15 is 0 Å². The van der Waals surface area contributed by atoms with Gasteiger partial charge in [-0.05, 0) is 16.7 Å². The molecule has 0 aliphatic carbocycles. The summed E-state index contributed by atoms with van der Waals surface area (Å²) >= 11 is 0. The highest BCUT2D eigenvalue weighted by Gasteiger charge is 2.19. The van der Waals surface area contributed by atoms with Crippen LogP contribution in [0.2, 0.25) is 0 Å². The quantitative estimate of drug-likeness (QED) is 0.755. The van der Waals surface area contributed by atoms with E-state index < -0.39 is 0 Å². The Morgan fingerprint density at radius 1 is 0.875 bits per heavy atom. The van der Waals surface area contributed by atoms with Crippen molar-refractivity contribution in [2.24, 2.45) is 0 Å². The summed E-state index contributed by atoms with van der Waals surface area (Å²) in [5.74, 6) is 0. The van der Waals surface area contributed by atoms with E-state index in [2.05, 4.69) is 59.4 Å². The standard InChI is InChI=1S/C14H14N2/c1-2-6-11(7-3-1)14-13-9-5-4-8-12(13)10-15-16-14/h1-9,14-16H,10H2. The van der Waals surface area contributed by atoms with E-state index in [1.54, 1.807) is 0 Å². The summed E-state index contributed by atoms with van der Waals surface area (Å²) < 4.78 is 0.